The van der Waals surface area contributed by atoms with Crippen molar-refractivity contribution in [2.75, 3.05) is 11.1 Å². The Labute approximate surface area is 132 Å². The van der Waals surface area contributed by atoms with Crippen LogP contribution in [0.25, 0.3) is 0 Å². The third kappa shape index (κ3) is 5.35. The van der Waals surface area contributed by atoms with Crippen molar-refractivity contribution in [2.45, 2.75) is 31.2 Å². The molecule has 5 nitrogen and oxygen atoms in total. The minimum absolute atomic E-state index is 0.0124. The highest BCUT2D eigenvalue weighted by Gasteiger charge is 2.09. The van der Waals surface area contributed by atoms with Crippen molar-refractivity contribution in [3.05, 3.63) is 29.8 Å². The predicted molar refractivity (Wildman–Crippen MR) is 88.4 cm³/mol. The Morgan fingerprint density at radius 3 is 2.90 bits per heavy atom. The normalized spacial score (nSPS) is 10.7. The number of benzene rings is 1. The first-order valence-electron chi connectivity index (χ1n) is 6.62. The fourth-order valence-electron chi connectivity index (χ4n) is 1.66. The zero-order valence-corrected chi connectivity index (χ0v) is 13.8. The molecule has 0 spiro atoms. The van der Waals surface area contributed by atoms with Crippen LogP contribution in [-0.4, -0.2) is 27.9 Å². The van der Waals surface area contributed by atoms with Crippen LogP contribution in [0.1, 0.15) is 19.4 Å². The fraction of sp³-hybridized carbons (Fsp3) is 0.357. The van der Waals surface area contributed by atoms with E-state index in [9.17, 15) is 4.79 Å². The van der Waals surface area contributed by atoms with Crippen LogP contribution in [0, 0.1) is 6.92 Å². The van der Waals surface area contributed by atoms with Crippen LogP contribution >= 0.6 is 23.1 Å². The zero-order chi connectivity index (χ0) is 15.2. The Hall–Kier alpha value is -1.60. The fourth-order valence-corrected chi connectivity index (χ4v) is 3.24. The number of nitrogens with zero attached hydrogens (tertiary/aromatic N) is 2. The summed E-state index contributed by atoms with van der Waals surface area (Å²) >= 11 is 2.84. The molecule has 0 atom stereocenters. The molecule has 0 saturated heterocycles. The van der Waals surface area contributed by atoms with E-state index in [1.165, 1.54) is 28.7 Å². The van der Waals surface area contributed by atoms with Gasteiger partial charge in [-0.25, -0.2) is 0 Å². The van der Waals surface area contributed by atoms with Crippen LogP contribution in [0.15, 0.2) is 28.6 Å². The largest absolute Gasteiger partial charge is 0.353 e. The summed E-state index contributed by atoms with van der Waals surface area (Å²) < 4.78 is 0.782. The molecule has 0 radical (unpaired) electrons. The SMILES string of the molecule is Cc1cccc(Nc2nnc(SCC(=O)NC(C)C)s2)c1. The van der Waals surface area contributed by atoms with Crippen LogP contribution < -0.4 is 10.6 Å². The number of hydrogen-bond donors (Lipinski definition) is 2. The van der Waals surface area contributed by atoms with Crippen LogP contribution in [0.3, 0.4) is 0 Å². The molecule has 2 N–H and O–H groups in total. The van der Waals surface area contributed by atoms with E-state index in [1.807, 2.05) is 45.0 Å². The minimum atomic E-state index is 0.0124. The highest BCUT2D eigenvalue weighted by molar-refractivity contribution is 8.01. The summed E-state index contributed by atoms with van der Waals surface area (Å²) in [5, 5.41) is 15.0. The van der Waals surface area contributed by atoms with Crippen molar-refractivity contribution in [1.29, 1.82) is 0 Å². The molecule has 1 amide bonds. The summed E-state index contributed by atoms with van der Waals surface area (Å²) in [6, 6.07) is 8.22. The van der Waals surface area contributed by atoms with Crippen molar-refractivity contribution in [2.24, 2.45) is 0 Å². The Kier molecular flexibility index (Phi) is 5.58. The van der Waals surface area contributed by atoms with E-state index in [0.29, 0.717) is 5.75 Å². The maximum atomic E-state index is 11.6. The maximum Gasteiger partial charge on any atom is 0.230 e. The van der Waals surface area contributed by atoms with Crippen LogP contribution in [0.5, 0.6) is 0 Å². The standard InChI is InChI=1S/C14H18N4OS2/c1-9(2)15-12(19)8-20-14-18-17-13(21-14)16-11-6-4-5-10(3)7-11/h4-7,9H,8H2,1-3H3,(H,15,19)(H,16,17). The molecular formula is C14H18N4OS2. The number of nitrogens with one attached hydrogen (secondary N) is 2. The number of amides is 1. The van der Waals surface area contributed by atoms with E-state index in [4.69, 9.17) is 0 Å². The molecule has 2 rings (SSSR count). The molecule has 1 aromatic carbocycles. The monoisotopic (exact) mass is 322 g/mol. The summed E-state index contributed by atoms with van der Waals surface area (Å²) in [6.45, 7) is 5.93. The average molecular weight is 322 g/mol. The molecule has 0 aliphatic rings. The van der Waals surface area contributed by atoms with Gasteiger partial charge in [-0.3, -0.25) is 4.79 Å². The molecule has 7 heteroatoms. The Morgan fingerprint density at radius 1 is 1.38 bits per heavy atom. The van der Waals surface area contributed by atoms with E-state index in [2.05, 4.69) is 20.8 Å². The van der Waals surface area contributed by atoms with Crippen LogP contribution in [0.2, 0.25) is 0 Å². The van der Waals surface area contributed by atoms with Gasteiger partial charge in [-0.05, 0) is 38.5 Å². The summed E-state index contributed by atoms with van der Waals surface area (Å²) in [5.74, 6) is 0.371. The van der Waals surface area contributed by atoms with Gasteiger partial charge < -0.3 is 10.6 Å². The first-order valence-corrected chi connectivity index (χ1v) is 8.42. The van der Waals surface area contributed by atoms with Gasteiger partial charge in [0.2, 0.25) is 11.0 Å². The van der Waals surface area contributed by atoms with E-state index in [1.54, 1.807) is 0 Å². The van der Waals surface area contributed by atoms with Gasteiger partial charge in [0.1, 0.15) is 0 Å². The Bertz CT molecular complexity index is 613. The van der Waals surface area contributed by atoms with Gasteiger partial charge in [-0.2, -0.15) is 0 Å². The number of aromatic nitrogens is 2. The molecular weight excluding hydrogens is 304 g/mol. The maximum absolute atomic E-state index is 11.6. The second-order valence-corrected chi connectivity index (χ2v) is 7.08. The van der Waals surface area contributed by atoms with Gasteiger partial charge in [0.05, 0.1) is 5.75 Å². The molecule has 0 fully saturated rings. The number of anilines is 2. The van der Waals surface area contributed by atoms with Crippen molar-refractivity contribution in [3.63, 3.8) is 0 Å². The number of hydrogen-bond acceptors (Lipinski definition) is 6. The van der Waals surface area contributed by atoms with Gasteiger partial charge in [-0.15, -0.1) is 10.2 Å². The van der Waals surface area contributed by atoms with Crippen molar-refractivity contribution >= 4 is 39.8 Å². The predicted octanol–water partition coefficient (Wildman–Crippen LogP) is 3.21. The second-order valence-electron chi connectivity index (χ2n) is 4.88. The first kappa shape index (κ1) is 15.8. The smallest absolute Gasteiger partial charge is 0.230 e. The van der Waals surface area contributed by atoms with Gasteiger partial charge in [0, 0.05) is 11.7 Å². The lowest BCUT2D eigenvalue weighted by molar-refractivity contribution is -0.119. The lowest BCUT2D eigenvalue weighted by atomic mass is 10.2. The summed E-state index contributed by atoms with van der Waals surface area (Å²) in [5.41, 5.74) is 2.17. The van der Waals surface area contributed by atoms with Crippen LogP contribution in [0.4, 0.5) is 10.8 Å². The van der Waals surface area contributed by atoms with Crippen molar-refractivity contribution in [1.82, 2.24) is 15.5 Å². The lowest BCUT2D eigenvalue weighted by Crippen LogP contribution is -2.31. The van der Waals surface area contributed by atoms with Gasteiger partial charge >= 0.3 is 0 Å². The molecule has 0 bridgehead atoms. The lowest BCUT2D eigenvalue weighted by Gasteiger charge is -2.06. The van der Waals surface area contributed by atoms with Crippen molar-refractivity contribution in [3.8, 4) is 0 Å². The Balaban J connectivity index is 1.88. The number of carbonyl (C=O) groups is 1. The second kappa shape index (κ2) is 7.42. The third-order valence-electron chi connectivity index (χ3n) is 2.45. The number of rotatable bonds is 6. The molecule has 21 heavy (non-hydrogen) atoms. The average Bonchev–Trinajstić information content (AvgIpc) is 2.83. The zero-order valence-electron chi connectivity index (χ0n) is 12.2. The third-order valence-corrected chi connectivity index (χ3v) is 4.42. The van der Waals surface area contributed by atoms with Gasteiger partial charge in [-0.1, -0.05) is 35.2 Å². The molecule has 0 aliphatic carbocycles. The molecule has 0 aliphatic heterocycles. The van der Waals surface area contributed by atoms with Gasteiger partial charge in [0.15, 0.2) is 4.34 Å². The molecule has 1 aromatic heterocycles. The Morgan fingerprint density at radius 2 is 2.19 bits per heavy atom. The summed E-state index contributed by atoms with van der Waals surface area (Å²) in [6.07, 6.45) is 0. The molecule has 0 saturated carbocycles. The molecule has 112 valence electrons. The molecule has 1 heterocycles. The van der Waals surface area contributed by atoms with E-state index < -0.39 is 0 Å². The topological polar surface area (TPSA) is 66.9 Å². The quantitative estimate of drug-likeness (QED) is 0.799. The van der Waals surface area contributed by atoms with Gasteiger partial charge in [0.25, 0.3) is 0 Å². The highest BCUT2D eigenvalue weighted by atomic mass is 32.2. The molecule has 0 unspecified atom stereocenters. The molecule has 2 aromatic rings. The van der Waals surface area contributed by atoms with Crippen molar-refractivity contribution < 1.29 is 4.79 Å². The number of carbonyl (C=O) groups excluding carboxylic acids is 1. The first-order chi connectivity index (χ1) is 10.0. The van der Waals surface area contributed by atoms with Crippen LogP contribution in [-0.2, 0) is 4.79 Å². The summed E-state index contributed by atoms with van der Waals surface area (Å²) in [4.78, 5) is 11.6. The van der Waals surface area contributed by atoms with E-state index >= 15 is 0 Å². The number of thioether (sulfide) groups is 1. The minimum Gasteiger partial charge on any atom is -0.353 e. The van der Waals surface area contributed by atoms with E-state index in [-0.39, 0.29) is 11.9 Å². The van der Waals surface area contributed by atoms with E-state index in [0.717, 1.165) is 15.2 Å². The summed E-state index contributed by atoms with van der Waals surface area (Å²) in [7, 11) is 0. The highest BCUT2D eigenvalue weighted by Crippen LogP contribution is 2.27. The number of aryl methyl sites for hydroxylation is 1.